The second kappa shape index (κ2) is 3.29. The van der Waals surface area contributed by atoms with Gasteiger partial charge in [-0.25, -0.2) is 15.0 Å². The van der Waals surface area contributed by atoms with Gasteiger partial charge in [-0.1, -0.05) is 13.8 Å². The molecule has 1 atom stereocenters. The Kier molecular flexibility index (Phi) is 1.98. The average Bonchev–Trinajstić information content (AvgIpc) is 2.86. The normalized spacial score (nSPS) is 21.4. The highest BCUT2D eigenvalue weighted by Gasteiger charge is 2.46. The van der Waals surface area contributed by atoms with Crippen molar-refractivity contribution in [1.29, 1.82) is 0 Å². The zero-order valence-corrected chi connectivity index (χ0v) is 9.94. The standard InChI is InChI=1S/C12H15N5/c1-12(2)5-8(12)16-10-7-3-4-9(13)17-11(7)15-6-14-10/h3-4,6,8H,5H2,1-2H3,(H3,13,14,15,16,17). The topological polar surface area (TPSA) is 76.7 Å². The van der Waals surface area contributed by atoms with Crippen molar-refractivity contribution in [2.45, 2.75) is 26.3 Å². The van der Waals surface area contributed by atoms with Gasteiger partial charge in [0.2, 0.25) is 0 Å². The predicted molar refractivity (Wildman–Crippen MR) is 67.6 cm³/mol. The molecule has 1 aliphatic rings. The minimum atomic E-state index is 0.360. The Hall–Kier alpha value is -1.91. The van der Waals surface area contributed by atoms with Gasteiger partial charge >= 0.3 is 0 Å². The fourth-order valence-electron chi connectivity index (χ4n) is 1.95. The van der Waals surface area contributed by atoms with Crippen LogP contribution in [0.2, 0.25) is 0 Å². The number of anilines is 2. The van der Waals surface area contributed by atoms with Gasteiger partial charge in [-0.2, -0.15) is 0 Å². The molecule has 0 spiro atoms. The molecule has 1 unspecified atom stereocenters. The molecule has 1 fully saturated rings. The maximum Gasteiger partial charge on any atom is 0.166 e. The minimum absolute atomic E-state index is 0.360. The van der Waals surface area contributed by atoms with E-state index in [0.29, 0.717) is 22.9 Å². The summed E-state index contributed by atoms with van der Waals surface area (Å²) in [6.45, 7) is 4.48. The first-order chi connectivity index (χ1) is 8.06. The smallest absolute Gasteiger partial charge is 0.166 e. The lowest BCUT2D eigenvalue weighted by atomic mass is 10.2. The third-order valence-electron chi connectivity index (χ3n) is 3.34. The van der Waals surface area contributed by atoms with Crippen molar-refractivity contribution < 1.29 is 0 Å². The van der Waals surface area contributed by atoms with Gasteiger partial charge in [-0.3, -0.25) is 0 Å². The van der Waals surface area contributed by atoms with Gasteiger partial charge < -0.3 is 11.1 Å². The Bertz CT molecular complexity index is 578. The lowest BCUT2D eigenvalue weighted by Crippen LogP contribution is -2.10. The third-order valence-corrected chi connectivity index (χ3v) is 3.34. The molecule has 0 amide bonds. The zero-order valence-electron chi connectivity index (χ0n) is 9.94. The van der Waals surface area contributed by atoms with Crippen molar-refractivity contribution in [3.63, 3.8) is 0 Å². The van der Waals surface area contributed by atoms with Crippen LogP contribution in [0, 0.1) is 5.41 Å². The van der Waals surface area contributed by atoms with Gasteiger partial charge in [0.25, 0.3) is 0 Å². The van der Waals surface area contributed by atoms with Crippen LogP contribution in [0.15, 0.2) is 18.5 Å². The molecule has 3 rings (SSSR count). The van der Waals surface area contributed by atoms with Crippen LogP contribution in [0.4, 0.5) is 11.6 Å². The van der Waals surface area contributed by atoms with Crippen LogP contribution in [-0.2, 0) is 0 Å². The second-order valence-corrected chi connectivity index (χ2v) is 5.22. The van der Waals surface area contributed by atoms with E-state index in [4.69, 9.17) is 5.73 Å². The van der Waals surface area contributed by atoms with Gasteiger partial charge in [0, 0.05) is 6.04 Å². The SMILES string of the molecule is CC1(C)CC1Nc1ncnc2nc(N)ccc12. The fourth-order valence-corrected chi connectivity index (χ4v) is 1.95. The molecule has 2 aromatic heterocycles. The van der Waals surface area contributed by atoms with Crippen molar-refractivity contribution in [3.05, 3.63) is 18.5 Å². The van der Waals surface area contributed by atoms with E-state index >= 15 is 0 Å². The van der Waals surface area contributed by atoms with Gasteiger partial charge in [0.1, 0.15) is 18.0 Å². The van der Waals surface area contributed by atoms with E-state index in [-0.39, 0.29) is 0 Å². The summed E-state index contributed by atoms with van der Waals surface area (Å²) in [4.78, 5) is 12.6. The van der Waals surface area contributed by atoms with Gasteiger partial charge in [-0.05, 0) is 24.0 Å². The number of aromatic nitrogens is 3. The van der Waals surface area contributed by atoms with Crippen molar-refractivity contribution in [3.8, 4) is 0 Å². The van der Waals surface area contributed by atoms with Crippen LogP contribution in [0.5, 0.6) is 0 Å². The number of hydrogen-bond donors (Lipinski definition) is 2. The summed E-state index contributed by atoms with van der Waals surface area (Å²) in [5, 5.41) is 4.36. The first kappa shape index (κ1) is 10.3. The minimum Gasteiger partial charge on any atom is -0.384 e. The lowest BCUT2D eigenvalue weighted by molar-refractivity contribution is 0.630. The van der Waals surface area contributed by atoms with E-state index in [1.165, 1.54) is 12.7 Å². The number of nitrogens with zero attached hydrogens (tertiary/aromatic N) is 3. The molecule has 0 bridgehead atoms. The third kappa shape index (κ3) is 1.77. The van der Waals surface area contributed by atoms with E-state index in [2.05, 4.69) is 34.1 Å². The molecule has 17 heavy (non-hydrogen) atoms. The average molecular weight is 229 g/mol. The summed E-state index contributed by atoms with van der Waals surface area (Å²) >= 11 is 0. The summed E-state index contributed by atoms with van der Waals surface area (Å²) in [6.07, 6.45) is 2.69. The maximum atomic E-state index is 5.64. The highest BCUT2D eigenvalue weighted by molar-refractivity contribution is 5.87. The predicted octanol–water partition coefficient (Wildman–Crippen LogP) is 1.82. The molecule has 5 nitrogen and oxygen atoms in total. The first-order valence-electron chi connectivity index (χ1n) is 5.70. The Morgan fingerprint density at radius 1 is 1.35 bits per heavy atom. The molecular formula is C12H15N5. The van der Waals surface area contributed by atoms with Crippen LogP contribution in [-0.4, -0.2) is 21.0 Å². The number of nitrogen functional groups attached to an aromatic ring is 1. The van der Waals surface area contributed by atoms with Crippen LogP contribution < -0.4 is 11.1 Å². The fraction of sp³-hybridized carbons (Fsp3) is 0.417. The molecule has 2 aromatic rings. The Morgan fingerprint density at radius 3 is 2.82 bits per heavy atom. The van der Waals surface area contributed by atoms with Crippen LogP contribution in [0.25, 0.3) is 11.0 Å². The Labute approximate surface area is 99.5 Å². The second-order valence-electron chi connectivity index (χ2n) is 5.22. The van der Waals surface area contributed by atoms with E-state index in [9.17, 15) is 0 Å². The molecule has 3 N–H and O–H groups in total. The molecule has 0 radical (unpaired) electrons. The summed E-state index contributed by atoms with van der Waals surface area (Å²) in [5.74, 6) is 1.33. The van der Waals surface area contributed by atoms with Crippen molar-refractivity contribution >= 4 is 22.7 Å². The number of rotatable bonds is 2. The lowest BCUT2D eigenvalue weighted by Gasteiger charge is -2.09. The van der Waals surface area contributed by atoms with E-state index < -0.39 is 0 Å². The molecule has 0 saturated heterocycles. The van der Waals surface area contributed by atoms with E-state index in [0.717, 1.165) is 11.2 Å². The van der Waals surface area contributed by atoms with Crippen molar-refractivity contribution in [1.82, 2.24) is 15.0 Å². The molecule has 2 heterocycles. The number of fused-ring (bicyclic) bond motifs is 1. The van der Waals surface area contributed by atoms with Crippen LogP contribution in [0.1, 0.15) is 20.3 Å². The number of hydrogen-bond acceptors (Lipinski definition) is 5. The van der Waals surface area contributed by atoms with Gasteiger partial charge in [0.05, 0.1) is 5.39 Å². The van der Waals surface area contributed by atoms with Gasteiger partial charge in [-0.15, -0.1) is 0 Å². The maximum absolute atomic E-state index is 5.64. The number of nitrogens with one attached hydrogen (secondary N) is 1. The van der Waals surface area contributed by atoms with Gasteiger partial charge in [0.15, 0.2) is 5.65 Å². The monoisotopic (exact) mass is 229 g/mol. The first-order valence-corrected chi connectivity index (χ1v) is 5.70. The quantitative estimate of drug-likeness (QED) is 0.821. The summed E-state index contributed by atoms with van der Waals surface area (Å²) in [6, 6.07) is 4.17. The van der Waals surface area contributed by atoms with Crippen molar-refractivity contribution in [2.24, 2.45) is 5.41 Å². The molecule has 1 aliphatic carbocycles. The Morgan fingerprint density at radius 2 is 2.12 bits per heavy atom. The zero-order chi connectivity index (χ0) is 12.0. The highest BCUT2D eigenvalue weighted by atomic mass is 15.1. The van der Waals surface area contributed by atoms with Crippen molar-refractivity contribution in [2.75, 3.05) is 11.1 Å². The van der Waals surface area contributed by atoms with E-state index in [1.54, 1.807) is 6.07 Å². The highest BCUT2D eigenvalue weighted by Crippen LogP contribution is 2.46. The van der Waals surface area contributed by atoms with Crippen LogP contribution >= 0.6 is 0 Å². The summed E-state index contributed by atoms with van der Waals surface area (Å²) in [7, 11) is 0. The molecule has 88 valence electrons. The number of pyridine rings is 1. The molecule has 1 saturated carbocycles. The Balaban J connectivity index is 1.99. The molecular weight excluding hydrogens is 214 g/mol. The molecule has 0 aliphatic heterocycles. The van der Waals surface area contributed by atoms with E-state index in [1.807, 2.05) is 6.07 Å². The van der Waals surface area contributed by atoms with Crippen LogP contribution in [0.3, 0.4) is 0 Å². The molecule has 0 aromatic carbocycles. The number of nitrogens with two attached hydrogens (primary N) is 1. The largest absolute Gasteiger partial charge is 0.384 e. The summed E-state index contributed by atoms with van der Waals surface area (Å²) < 4.78 is 0. The summed E-state index contributed by atoms with van der Waals surface area (Å²) in [5.41, 5.74) is 6.64. The molecule has 5 heteroatoms.